The minimum Gasteiger partial charge on any atom is -0.461 e. The number of carbonyl (C=O) groups is 1. The van der Waals surface area contributed by atoms with Crippen molar-refractivity contribution in [2.24, 2.45) is 5.41 Å². The summed E-state index contributed by atoms with van der Waals surface area (Å²) < 4.78 is 4.80. The van der Waals surface area contributed by atoms with Gasteiger partial charge < -0.3 is 10.1 Å². The monoisotopic (exact) mass is 265 g/mol. The van der Waals surface area contributed by atoms with Gasteiger partial charge in [-0.25, -0.2) is 4.79 Å². The van der Waals surface area contributed by atoms with Gasteiger partial charge in [-0.2, -0.15) is 0 Å². The van der Waals surface area contributed by atoms with Crippen molar-refractivity contribution in [3.8, 4) is 0 Å². The average molecular weight is 265 g/mol. The Morgan fingerprint density at radius 3 is 2.26 bits per heavy atom. The molecule has 1 fully saturated rings. The van der Waals surface area contributed by atoms with E-state index in [-0.39, 0.29) is 5.97 Å². The van der Waals surface area contributed by atoms with Gasteiger partial charge in [0.1, 0.15) is 5.70 Å². The third kappa shape index (κ3) is 7.50. The molecular weight excluding hydrogens is 238 g/mol. The predicted octanol–water partition coefficient (Wildman–Crippen LogP) is 3.59. The molecule has 0 aromatic rings. The van der Waals surface area contributed by atoms with Gasteiger partial charge in [0.05, 0.1) is 6.61 Å². The van der Waals surface area contributed by atoms with Gasteiger partial charge in [-0.05, 0) is 36.8 Å². The van der Waals surface area contributed by atoms with E-state index in [4.69, 9.17) is 4.74 Å². The highest BCUT2D eigenvalue weighted by atomic mass is 16.5. The Balaban J connectivity index is 0.000000443. The molecule has 0 atom stereocenters. The Bertz CT molecular complexity index is 352. The second-order valence-corrected chi connectivity index (χ2v) is 4.97. The molecule has 0 radical (unpaired) electrons. The van der Waals surface area contributed by atoms with E-state index >= 15 is 0 Å². The van der Waals surface area contributed by atoms with Crippen molar-refractivity contribution in [3.05, 3.63) is 36.6 Å². The number of hydrogen-bond donors (Lipinski definition) is 1. The number of hydrogen-bond acceptors (Lipinski definition) is 3. The van der Waals surface area contributed by atoms with Crippen LogP contribution >= 0.6 is 0 Å². The molecule has 1 rings (SSSR count). The lowest BCUT2D eigenvalue weighted by Crippen LogP contribution is -2.18. The summed E-state index contributed by atoms with van der Waals surface area (Å²) in [5.41, 5.74) is 1.84. The molecule has 0 saturated heterocycles. The van der Waals surface area contributed by atoms with Gasteiger partial charge in [0.25, 0.3) is 0 Å². The van der Waals surface area contributed by atoms with Crippen molar-refractivity contribution >= 4 is 5.97 Å². The number of ether oxygens (including phenoxy) is 1. The minimum atomic E-state index is -0.381. The van der Waals surface area contributed by atoms with Gasteiger partial charge >= 0.3 is 5.97 Å². The molecule has 1 aliphatic carbocycles. The van der Waals surface area contributed by atoms with E-state index in [0.29, 0.717) is 17.9 Å². The fourth-order valence-electron chi connectivity index (χ4n) is 1.25. The number of rotatable bonds is 6. The van der Waals surface area contributed by atoms with Gasteiger partial charge in [-0.1, -0.05) is 39.5 Å². The van der Waals surface area contributed by atoms with Crippen LogP contribution in [0.15, 0.2) is 36.6 Å². The van der Waals surface area contributed by atoms with E-state index in [1.165, 1.54) is 19.3 Å². The molecule has 0 aliphatic heterocycles. The zero-order valence-electron chi connectivity index (χ0n) is 12.7. The second-order valence-electron chi connectivity index (χ2n) is 4.97. The van der Waals surface area contributed by atoms with Crippen molar-refractivity contribution in [1.29, 1.82) is 0 Å². The summed E-state index contributed by atoms with van der Waals surface area (Å²) in [4.78, 5) is 11.2. The maximum Gasteiger partial charge on any atom is 0.354 e. The number of likely N-dealkylation sites (N-methyl/N-ethyl adjacent to an activating group) is 1. The molecule has 0 aromatic carbocycles. The molecule has 1 saturated carbocycles. The second kappa shape index (κ2) is 8.57. The smallest absolute Gasteiger partial charge is 0.354 e. The SMILES string of the molecule is C=CC(=C)/C=C(\NC)C(=O)OCC.CCC1(C)CC1. The van der Waals surface area contributed by atoms with Crippen molar-refractivity contribution in [1.82, 2.24) is 5.32 Å². The molecule has 1 N–H and O–H groups in total. The highest BCUT2D eigenvalue weighted by Crippen LogP contribution is 2.47. The lowest BCUT2D eigenvalue weighted by Gasteiger charge is -2.05. The van der Waals surface area contributed by atoms with Crippen LogP contribution in [0.2, 0.25) is 0 Å². The summed E-state index contributed by atoms with van der Waals surface area (Å²) in [6.07, 6.45) is 7.49. The molecular formula is C16H27NO2. The van der Waals surface area contributed by atoms with Crippen molar-refractivity contribution < 1.29 is 9.53 Å². The molecule has 19 heavy (non-hydrogen) atoms. The molecule has 0 bridgehead atoms. The third-order valence-electron chi connectivity index (χ3n) is 3.31. The Morgan fingerprint density at radius 1 is 1.42 bits per heavy atom. The van der Waals surface area contributed by atoms with Gasteiger partial charge in [0, 0.05) is 7.05 Å². The number of nitrogens with one attached hydrogen (secondary N) is 1. The summed E-state index contributed by atoms with van der Waals surface area (Å²) in [5.74, 6) is -0.381. The highest BCUT2D eigenvalue weighted by Gasteiger charge is 2.34. The summed E-state index contributed by atoms with van der Waals surface area (Å²) in [6, 6.07) is 0. The van der Waals surface area contributed by atoms with Crippen LogP contribution in [-0.2, 0) is 9.53 Å². The number of carbonyl (C=O) groups excluding carboxylic acids is 1. The topological polar surface area (TPSA) is 38.3 Å². The van der Waals surface area contributed by atoms with Crippen LogP contribution in [0.4, 0.5) is 0 Å². The standard InChI is InChI=1S/C10H15NO2.C6H12/c1-5-8(3)7-9(11-4)10(12)13-6-2;1-3-6(2)4-5-6/h5,7,11H,1,3,6H2,2,4H3;3-5H2,1-2H3/b9-7-;. The van der Waals surface area contributed by atoms with Crippen LogP contribution < -0.4 is 5.32 Å². The quantitative estimate of drug-likeness (QED) is 0.453. The Kier molecular flexibility index (Phi) is 7.89. The lowest BCUT2D eigenvalue weighted by atomic mass is 10.1. The first-order valence-corrected chi connectivity index (χ1v) is 6.80. The van der Waals surface area contributed by atoms with E-state index in [2.05, 4.69) is 32.3 Å². The van der Waals surface area contributed by atoms with Crippen LogP contribution in [0.3, 0.4) is 0 Å². The van der Waals surface area contributed by atoms with Crippen LogP contribution in [0.5, 0.6) is 0 Å². The van der Waals surface area contributed by atoms with Gasteiger partial charge in [-0.3, -0.25) is 0 Å². The van der Waals surface area contributed by atoms with E-state index < -0.39 is 0 Å². The van der Waals surface area contributed by atoms with E-state index in [9.17, 15) is 4.79 Å². The van der Waals surface area contributed by atoms with Crippen molar-refractivity contribution in [2.75, 3.05) is 13.7 Å². The predicted molar refractivity (Wildman–Crippen MR) is 80.7 cm³/mol. The molecule has 0 heterocycles. The van der Waals surface area contributed by atoms with E-state index in [1.54, 1.807) is 26.1 Å². The van der Waals surface area contributed by atoms with Gasteiger partial charge in [-0.15, -0.1) is 0 Å². The molecule has 1 aliphatic rings. The largest absolute Gasteiger partial charge is 0.461 e. The zero-order valence-corrected chi connectivity index (χ0v) is 12.7. The molecule has 3 heteroatoms. The Morgan fingerprint density at radius 2 is 2.00 bits per heavy atom. The van der Waals surface area contributed by atoms with Crippen LogP contribution in [0.25, 0.3) is 0 Å². The summed E-state index contributed by atoms with van der Waals surface area (Å²) >= 11 is 0. The molecule has 3 nitrogen and oxygen atoms in total. The zero-order chi connectivity index (χ0) is 14.9. The fraction of sp³-hybridized carbons (Fsp3) is 0.562. The highest BCUT2D eigenvalue weighted by molar-refractivity contribution is 5.88. The lowest BCUT2D eigenvalue weighted by molar-refractivity contribution is -0.138. The molecule has 0 spiro atoms. The van der Waals surface area contributed by atoms with Crippen LogP contribution in [0, 0.1) is 5.41 Å². The van der Waals surface area contributed by atoms with Crippen LogP contribution in [-0.4, -0.2) is 19.6 Å². The van der Waals surface area contributed by atoms with Gasteiger partial charge in [0.15, 0.2) is 0 Å². The first-order chi connectivity index (χ1) is 8.92. The summed E-state index contributed by atoms with van der Waals surface area (Å²) in [7, 11) is 1.65. The van der Waals surface area contributed by atoms with Crippen molar-refractivity contribution in [2.45, 2.75) is 40.0 Å². The minimum absolute atomic E-state index is 0.360. The fourth-order valence-corrected chi connectivity index (χ4v) is 1.25. The van der Waals surface area contributed by atoms with Crippen molar-refractivity contribution in [3.63, 3.8) is 0 Å². The van der Waals surface area contributed by atoms with E-state index in [0.717, 1.165) is 5.41 Å². The average Bonchev–Trinajstić information content (AvgIpc) is 3.15. The first kappa shape index (κ1) is 17.5. The summed E-state index contributed by atoms with van der Waals surface area (Å²) in [5, 5.41) is 2.73. The number of allylic oxidation sites excluding steroid dienone is 3. The summed E-state index contributed by atoms with van der Waals surface area (Å²) in [6.45, 7) is 13.9. The maximum absolute atomic E-state index is 11.2. The molecule has 108 valence electrons. The number of esters is 1. The molecule has 0 amide bonds. The Labute approximate surface area is 117 Å². The third-order valence-corrected chi connectivity index (χ3v) is 3.31. The first-order valence-electron chi connectivity index (χ1n) is 6.80. The molecule has 0 aromatic heterocycles. The maximum atomic E-state index is 11.2. The normalized spacial score (nSPS) is 15.7. The molecule has 0 unspecified atom stereocenters. The van der Waals surface area contributed by atoms with Gasteiger partial charge in [0.2, 0.25) is 0 Å². The van der Waals surface area contributed by atoms with E-state index in [1.807, 2.05) is 0 Å². The Hall–Kier alpha value is -1.51. The van der Waals surface area contributed by atoms with Crippen LogP contribution in [0.1, 0.15) is 40.0 Å².